The Morgan fingerprint density at radius 1 is 1.10 bits per heavy atom. The number of rotatable bonds is 5. The van der Waals surface area contributed by atoms with Crippen LogP contribution in [0.3, 0.4) is 0 Å². The van der Waals surface area contributed by atoms with Crippen LogP contribution in [0.2, 0.25) is 0 Å². The molecule has 1 amide bonds. The second kappa shape index (κ2) is 7.28. The average molecular weight is 295 g/mol. The Balaban J connectivity index is 1.92. The molecule has 0 aromatic heterocycles. The fourth-order valence-corrected chi connectivity index (χ4v) is 4.06. The largest absolute Gasteiger partial charge is 0.481 e. The van der Waals surface area contributed by atoms with Crippen molar-refractivity contribution in [2.24, 2.45) is 11.3 Å². The van der Waals surface area contributed by atoms with Crippen LogP contribution in [0.1, 0.15) is 77.6 Å². The molecule has 4 heteroatoms. The molecule has 2 N–H and O–H groups in total. The zero-order chi connectivity index (χ0) is 15.3. The van der Waals surface area contributed by atoms with Gasteiger partial charge in [0.2, 0.25) is 5.91 Å². The highest BCUT2D eigenvalue weighted by Gasteiger charge is 2.40. The van der Waals surface area contributed by atoms with E-state index in [0.29, 0.717) is 18.8 Å². The van der Waals surface area contributed by atoms with Crippen LogP contribution in [-0.4, -0.2) is 23.0 Å². The summed E-state index contributed by atoms with van der Waals surface area (Å²) in [6.07, 6.45) is 10.4. The first-order chi connectivity index (χ1) is 10.0. The summed E-state index contributed by atoms with van der Waals surface area (Å²) in [5.74, 6) is -0.282. The molecule has 120 valence electrons. The summed E-state index contributed by atoms with van der Waals surface area (Å²) in [6, 6.07) is 0.177. The summed E-state index contributed by atoms with van der Waals surface area (Å²) in [5, 5.41) is 12.7. The van der Waals surface area contributed by atoms with Crippen molar-refractivity contribution in [2.75, 3.05) is 0 Å². The van der Waals surface area contributed by atoms with Gasteiger partial charge >= 0.3 is 5.97 Å². The molecule has 4 nitrogen and oxygen atoms in total. The lowest BCUT2D eigenvalue weighted by Gasteiger charge is -2.29. The van der Waals surface area contributed by atoms with Gasteiger partial charge in [0, 0.05) is 12.5 Å². The molecule has 0 spiro atoms. The third-order valence-corrected chi connectivity index (χ3v) is 5.51. The maximum atomic E-state index is 12.3. The summed E-state index contributed by atoms with van der Waals surface area (Å²) in [7, 11) is 0. The van der Waals surface area contributed by atoms with E-state index in [1.54, 1.807) is 0 Å². The highest BCUT2D eigenvalue weighted by molar-refractivity contribution is 5.85. The zero-order valence-corrected chi connectivity index (χ0v) is 13.2. The SMILES string of the molecule is CC(NC(=O)CC1(C(=O)O)CCCCCC1)C1CCCC1. The summed E-state index contributed by atoms with van der Waals surface area (Å²) in [4.78, 5) is 24.1. The van der Waals surface area contributed by atoms with Crippen LogP contribution in [0.25, 0.3) is 0 Å². The molecule has 0 aromatic carbocycles. The van der Waals surface area contributed by atoms with Crippen LogP contribution < -0.4 is 5.32 Å². The van der Waals surface area contributed by atoms with Crippen molar-refractivity contribution in [3.8, 4) is 0 Å². The van der Waals surface area contributed by atoms with Gasteiger partial charge in [0.25, 0.3) is 0 Å². The van der Waals surface area contributed by atoms with E-state index in [1.165, 1.54) is 25.7 Å². The van der Waals surface area contributed by atoms with E-state index in [2.05, 4.69) is 12.2 Å². The number of amides is 1. The number of carbonyl (C=O) groups excluding carboxylic acids is 1. The van der Waals surface area contributed by atoms with Gasteiger partial charge in [0.15, 0.2) is 0 Å². The summed E-state index contributed by atoms with van der Waals surface area (Å²) in [6.45, 7) is 2.06. The quantitative estimate of drug-likeness (QED) is 0.763. The topological polar surface area (TPSA) is 66.4 Å². The molecule has 1 unspecified atom stereocenters. The molecule has 0 aromatic rings. The Kier molecular flexibility index (Phi) is 5.65. The highest BCUT2D eigenvalue weighted by Crippen LogP contribution is 2.38. The van der Waals surface area contributed by atoms with Crippen molar-refractivity contribution in [2.45, 2.75) is 83.6 Å². The van der Waals surface area contributed by atoms with Crippen LogP contribution in [0.15, 0.2) is 0 Å². The first-order valence-electron chi connectivity index (χ1n) is 8.56. The number of nitrogens with one attached hydrogen (secondary N) is 1. The first-order valence-corrected chi connectivity index (χ1v) is 8.56. The fourth-order valence-electron chi connectivity index (χ4n) is 4.06. The fraction of sp³-hybridized carbons (Fsp3) is 0.882. The van der Waals surface area contributed by atoms with Crippen LogP contribution in [0, 0.1) is 11.3 Å². The average Bonchev–Trinajstić information content (AvgIpc) is 2.86. The predicted octanol–water partition coefficient (Wildman–Crippen LogP) is 3.50. The first kappa shape index (κ1) is 16.3. The van der Waals surface area contributed by atoms with Gasteiger partial charge in [-0.1, -0.05) is 38.5 Å². The standard InChI is InChI=1S/C17H29NO3/c1-13(14-8-4-5-9-14)18-15(19)12-17(16(20)21)10-6-2-3-7-11-17/h13-14H,2-12H2,1H3,(H,18,19)(H,20,21). The molecule has 2 rings (SSSR count). The second-order valence-corrected chi connectivity index (χ2v) is 7.08. The van der Waals surface area contributed by atoms with Gasteiger partial charge in [-0.25, -0.2) is 0 Å². The van der Waals surface area contributed by atoms with Gasteiger partial charge in [-0.05, 0) is 38.5 Å². The molecule has 2 aliphatic carbocycles. The summed E-state index contributed by atoms with van der Waals surface area (Å²) >= 11 is 0. The van der Waals surface area contributed by atoms with E-state index in [1.807, 2.05) is 0 Å². The number of carboxylic acids is 1. The van der Waals surface area contributed by atoms with Crippen molar-refractivity contribution in [1.82, 2.24) is 5.32 Å². The van der Waals surface area contributed by atoms with Crippen molar-refractivity contribution >= 4 is 11.9 Å². The molecule has 2 saturated carbocycles. The van der Waals surface area contributed by atoms with E-state index in [4.69, 9.17) is 0 Å². The van der Waals surface area contributed by atoms with Crippen LogP contribution in [0.4, 0.5) is 0 Å². The highest BCUT2D eigenvalue weighted by atomic mass is 16.4. The number of aliphatic carboxylic acids is 1. The van der Waals surface area contributed by atoms with Crippen molar-refractivity contribution in [3.63, 3.8) is 0 Å². The third-order valence-electron chi connectivity index (χ3n) is 5.51. The lowest BCUT2D eigenvalue weighted by molar-refractivity contribution is -0.153. The minimum absolute atomic E-state index is 0.0706. The summed E-state index contributed by atoms with van der Waals surface area (Å²) < 4.78 is 0. The van der Waals surface area contributed by atoms with Gasteiger partial charge < -0.3 is 10.4 Å². The monoisotopic (exact) mass is 295 g/mol. The maximum Gasteiger partial charge on any atom is 0.310 e. The molecule has 0 aliphatic heterocycles. The molecule has 2 fully saturated rings. The number of hydrogen-bond acceptors (Lipinski definition) is 2. The predicted molar refractivity (Wildman–Crippen MR) is 82.0 cm³/mol. The molecule has 21 heavy (non-hydrogen) atoms. The van der Waals surface area contributed by atoms with E-state index in [0.717, 1.165) is 25.7 Å². The summed E-state index contributed by atoms with van der Waals surface area (Å²) in [5.41, 5.74) is -0.823. The normalized spacial score (nSPS) is 24.2. The molecule has 0 bridgehead atoms. The minimum atomic E-state index is -0.823. The van der Waals surface area contributed by atoms with E-state index >= 15 is 0 Å². The van der Waals surface area contributed by atoms with Gasteiger partial charge in [0.1, 0.15) is 0 Å². The number of carbonyl (C=O) groups is 2. The second-order valence-electron chi connectivity index (χ2n) is 7.08. The van der Waals surface area contributed by atoms with Crippen LogP contribution in [0.5, 0.6) is 0 Å². The van der Waals surface area contributed by atoms with E-state index in [9.17, 15) is 14.7 Å². The Bertz CT molecular complexity index is 366. The number of carboxylic acid groups (broad SMARTS) is 1. The molecular weight excluding hydrogens is 266 g/mol. The lowest BCUT2D eigenvalue weighted by Crippen LogP contribution is -2.42. The zero-order valence-electron chi connectivity index (χ0n) is 13.2. The van der Waals surface area contributed by atoms with Crippen LogP contribution >= 0.6 is 0 Å². The van der Waals surface area contributed by atoms with E-state index in [-0.39, 0.29) is 18.4 Å². The maximum absolute atomic E-state index is 12.3. The van der Waals surface area contributed by atoms with Gasteiger partial charge in [-0.2, -0.15) is 0 Å². The van der Waals surface area contributed by atoms with Crippen molar-refractivity contribution in [3.05, 3.63) is 0 Å². The lowest BCUT2D eigenvalue weighted by atomic mass is 9.77. The van der Waals surface area contributed by atoms with Gasteiger partial charge in [-0.3, -0.25) is 9.59 Å². The van der Waals surface area contributed by atoms with Crippen LogP contribution in [-0.2, 0) is 9.59 Å². The van der Waals surface area contributed by atoms with Gasteiger partial charge in [-0.15, -0.1) is 0 Å². The van der Waals surface area contributed by atoms with Crippen molar-refractivity contribution < 1.29 is 14.7 Å². The Labute approximate surface area is 127 Å². The number of hydrogen-bond donors (Lipinski definition) is 2. The Morgan fingerprint density at radius 3 is 2.19 bits per heavy atom. The Morgan fingerprint density at radius 2 is 1.67 bits per heavy atom. The molecule has 0 heterocycles. The van der Waals surface area contributed by atoms with Crippen molar-refractivity contribution in [1.29, 1.82) is 0 Å². The molecule has 1 atom stereocenters. The minimum Gasteiger partial charge on any atom is -0.481 e. The molecule has 0 radical (unpaired) electrons. The molecular formula is C17H29NO3. The smallest absolute Gasteiger partial charge is 0.310 e. The third kappa shape index (κ3) is 4.21. The molecule has 0 saturated heterocycles. The Hall–Kier alpha value is -1.06. The van der Waals surface area contributed by atoms with Gasteiger partial charge in [0.05, 0.1) is 5.41 Å². The van der Waals surface area contributed by atoms with E-state index < -0.39 is 11.4 Å². The molecule has 2 aliphatic rings.